The molecule has 0 saturated heterocycles. The Balaban J connectivity index is 2.25. The maximum absolute atomic E-state index is 11.8. The molecule has 0 aromatic carbocycles. The van der Waals surface area contributed by atoms with E-state index in [1.54, 1.807) is 6.07 Å². The summed E-state index contributed by atoms with van der Waals surface area (Å²) in [5.41, 5.74) is 5.71. The third-order valence-electron chi connectivity index (χ3n) is 1.79. The summed E-state index contributed by atoms with van der Waals surface area (Å²) < 4.78 is 30.7. The van der Waals surface area contributed by atoms with E-state index in [1.165, 1.54) is 18.5 Å². The van der Waals surface area contributed by atoms with Gasteiger partial charge in [0.25, 0.3) is 10.0 Å². The molecule has 2 aromatic heterocycles. The van der Waals surface area contributed by atoms with E-state index < -0.39 is 10.0 Å². The first-order valence-electron chi connectivity index (χ1n) is 4.33. The van der Waals surface area contributed by atoms with Gasteiger partial charge in [-0.15, -0.1) is 11.3 Å². The van der Waals surface area contributed by atoms with Gasteiger partial charge < -0.3 is 10.3 Å². The molecule has 0 fully saturated rings. The Hall–Kier alpha value is -1.38. The van der Waals surface area contributed by atoms with Crippen LogP contribution in [-0.2, 0) is 16.6 Å². The van der Waals surface area contributed by atoms with Gasteiger partial charge in [-0.3, -0.25) is 4.72 Å². The molecule has 0 aliphatic carbocycles. The molecule has 6 nitrogen and oxygen atoms in total. The zero-order chi connectivity index (χ0) is 11.6. The van der Waals surface area contributed by atoms with Crippen molar-refractivity contribution in [2.24, 2.45) is 5.73 Å². The van der Waals surface area contributed by atoms with Crippen LogP contribution in [0.5, 0.6) is 0 Å². The number of anilines is 1. The molecule has 0 radical (unpaired) electrons. The molecule has 0 unspecified atom stereocenters. The van der Waals surface area contributed by atoms with E-state index in [2.05, 4.69) is 14.4 Å². The van der Waals surface area contributed by atoms with E-state index in [0.717, 1.165) is 16.2 Å². The molecule has 2 heterocycles. The second-order valence-electron chi connectivity index (χ2n) is 2.94. The number of nitrogens with zero attached hydrogens (tertiary/aromatic N) is 1. The largest absolute Gasteiger partial charge is 0.362 e. The van der Waals surface area contributed by atoms with Crippen molar-refractivity contribution in [2.75, 3.05) is 4.72 Å². The molecule has 8 heteroatoms. The van der Waals surface area contributed by atoms with Crippen molar-refractivity contribution in [1.82, 2.24) is 5.16 Å². The highest BCUT2D eigenvalue weighted by molar-refractivity contribution is 7.94. The zero-order valence-electron chi connectivity index (χ0n) is 8.08. The van der Waals surface area contributed by atoms with Crippen LogP contribution in [0.3, 0.4) is 0 Å². The summed E-state index contributed by atoms with van der Waals surface area (Å²) in [7, 11) is -3.56. The highest BCUT2D eigenvalue weighted by Crippen LogP contribution is 2.23. The molecule has 2 aromatic rings. The first-order valence-corrected chi connectivity index (χ1v) is 6.63. The minimum atomic E-state index is -3.56. The monoisotopic (exact) mass is 259 g/mol. The van der Waals surface area contributed by atoms with Crippen LogP contribution in [0.15, 0.2) is 33.3 Å². The van der Waals surface area contributed by atoms with Crippen molar-refractivity contribution in [1.29, 1.82) is 0 Å². The Labute approximate surface area is 96.1 Å². The van der Waals surface area contributed by atoms with Gasteiger partial charge in [-0.2, -0.15) is 0 Å². The fourth-order valence-corrected chi connectivity index (χ4v) is 3.33. The quantitative estimate of drug-likeness (QED) is 0.853. The SMILES string of the molecule is NCc1ccc(S(=O)(=O)Nc2cnoc2)s1. The summed E-state index contributed by atoms with van der Waals surface area (Å²) in [6.07, 6.45) is 2.50. The van der Waals surface area contributed by atoms with Gasteiger partial charge in [0.15, 0.2) is 0 Å². The fourth-order valence-electron chi connectivity index (χ4n) is 1.07. The van der Waals surface area contributed by atoms with Gasteiger partial charge in [-0.25, -0.2) is 8.42 Å². The Morgan fingerprint density at radius 3 is 2.88 bits per heavy atom. The number of sulfonamides is 1. The lowest BCUT2D eigenvalue weighted by molar-refractivity contribution is 0.420. The molecule has 0 saturated carbocycles. The lowest BCUT2D eigenvalue weighted by Crippen LogP contribution is -2.10. The standard InChI is InChI=1S/C8H9N3O3S2/c9-3-7-1-2-8(15-7)16(12,13)11-6-4-10-14-5-6/h1-2,4-5,11H,3,9H2. The van der Waals surface area contributed by atoms with E-state index in [0.29, 0.717) is 12.2 Å². The van der Waals surface area contributed by atoms with Gasteiger partial charge >= 0.3 is 0 Å². The molecular formula is C8H9N3O3S2. The van der Waals surface area contributed by atoms with Crippen LogP contribution in [-0.4, -0.2) is 13.6 Å². The average molecular weight is 259 g/mol. The van der Waals surface area contributed by atoms with E-state index >= 15 is 0 Å². The number of hydrogen-bond acceptors (Lipinski definition) is 6. The van der Waals surface area contributed by atoms with E-state index in [9.17, 15) is 8.42 Å². The number of nitrogens with two attached hydrogens (primary N) is 1. The molecular weight excluding hydrogens is 250 g/mol. The number of thiophene rings is 1. The van der Waals surface area contributed by atoms with Crippen LogP contribution in [0.25, 0.3) is 0 Å². The number of rotatable bonds is 4. The van der Waals surface area contributed by atoms with Gasteiger partial charge in [-0.1, -0.05) is 5.16 Å². The third-order valence-corrected chi connectivity index (χ3v) is 4.77. The Kier molecular flexibility index (Phi) is 2.95. The highest BCUT2D eigenvalue weighted by Gasteiger charge is 2.17. The second kappa shape index (κ2) is 4.24. The summed E-state index contributed by atoms with van der Waals surface area (Å²) in [5, 5.41) is 3.40. The highest BCUT2D eigenvalue weighted by atomic mass is 32.2. The fraction of sp³-hybridized carbons (Fsp3) is 0.125. The minimum absolute atomic E-state index is 0.217. The number of aromatic nitrogens is 1. The van der Waals surface area contributed by atoms with E-state index in [4.69, 9.17) is 5.73 Å². The van der Waals surface area contributed by atoms with E-state index in [-0.39, 0.29) is 4.21 Å². The van der Waals surface area contributed by atoms with Crippen LogP contribution in [0.2, 0.25) is 0 Å². The van der Waals surface area contributed by atoms with Crippen molar-refractivity contribution in [3.8, 4) is 0 Å². The summed E-state index contributed by atoms with van der Waals surface area (Å²) in [6.45, 7) is 0.327. The number of hydrogen-bond donors (Lipinski definition) is 2. The van der Waals surface area contributed by atoms with Crippen LogP contribution in [0, 0.1) is 0 Å². The first kappa shape index (κ1) is 11.1. The minimum Gasteiger partial charge on any atom is -0.362 e. The van der Waals surface area contributed by atoms with Crippen molar-refractivity contribution < 1.29 is 12.9 Å². The maximum atomic E-state index is 11.8. The summed E-state index contributed by atoms with van der Waals surface area (Å²) in [5.74, 6) is 0. The first-order chi connectivity index (χ1) is 7.62. The molecule has 86 valence electrons. The van der Waals surface area contributed by atoms with Crippen molar-refractivity contribution in [3.05, 3.63) is 29.5 Å². The molecule has 0 bridgehead atoms. The van der Waals surface area contributed by atoms with Gasteiger partial charge in [0.2, 0.25) is 0 Å². The molecule has 0 atom stereocenters. The molecule has 16 heavy (non-hydrogen) atoms. The maximum Gasteiger partial charge on any atom is 0.271 e. The molecule has 0 spiro atoms. The lowest BCUT2D eigenvalue weighted by Gasteiger charge is -2.01. The Morgan fingerprint density at radius 1 is 1.50 bits per heavy atom. The smallest absolute Gasteiger partial charge is 0.271 e. The predicted molar refractivity (Wildman–Crippen MR) is 59.5 cm³/mol. The third kappa shape index (κ3) is 2.23. The Morgan fingerprint density at radius 2 is 2.31 bits per heavy atom. The number of nitrogens with one attached hydrogen (secondary N) is 1. The molecule has 3 N–H and O–H groups in total. The zero-order valence-corrected chi connectivity index (χ0v) is 9.72. The van der Waals surface area contributed by atoms with Crippen LogP contribution < -0.4 is 10.5 Å². The molecule has 0 aliphatic heterocycles. The molecule has 0 aliphatic rings. The van der Waals surface area contributed by atoms with Gasteiger partial charge in [0.05, 0.1) is 6.20 Å². The van der Waals surface area contributed by atoms with Crippen LogP contribution in [0.1, 0.15) is 4.88 Å². The lowest BCUT2D eigenvalue weighted by atomic mass is 10.5. The topological polar surface area (TPSA) is 98.2 Å². The Bertz CT molecular complexity index is 559. The van der Waals surface area contributed by atoms with Crippen molar-refractivity contribution >= 4 is 27.0 Å². The van der Waals surface area contributed by atoms with Gasteiger partial charge in [0, 0.05) is 11.4 Å². The van der Waals surface area contributed by atoms with Gasteiger partial charge in [-0.05, 0) is 12.1 Å². The summed E-state index contributed by atoms with van der Waals surface area (Å²) >= 11 is 1.14. The van der Waals surface area contributed by atoms with Crippen LogP contribution >= 0.6 is 11.3 Å². The molecule has 0 amide bonds. The molecule has 2 rings (SSSR count). The van der Waals surface area contributed by atoms with Crippen molar-refractivity contribution in [3.63, 3.8) is 0 Å². The van der Waals surface area contributed by atoms with Gasteiger partial charge in [0.1, 0.15) is 16.2 Å². The second-order valence-corrected chi connectivity index (χ2v) is 6.02. The average Bonchev–Trinajstić information content (AvgIpc) is 2.85. The predicted octanol–water partition coefficient (Wildman–Crippen LogP) is 0.996. The van der Waals surface area contributed by atoms with Crippen molar-refractivity contribution in [2.45, 2.75) is 10.8 Å². The summed E-state index contributed by atoms with van der Waals surface area (Å²) in [4.78, 5) is 0.811. The van der Waals surface area contributed by atoms with Crippen LogP contribution in [0.4, 0.5) is 5.69 Å². The van der Waals surface area contributed by atoms with E-state index in [1.807, 2.05) is 0 Å². The summed E-state index contributed by atoms with van der Waals surface area (Å²) in [6, 6.07) is 3.20. The normalized spacial score (nSPS) is 11.6.